The van der Waals surface area contributed by atoms with E-state index in [-0.39, 0.29) is 5.17 Å². The van der Waals surface area contributed by atoms with Crippen molar-refractivity contribution in [3.05, 3.63) is 34.3 Å². The van der Waals surface area contributed by atoms with Crippen molar-refractivity contribution in [2.75, 3.05) is 7.05 Å². The van der Waals surface area contributed by atoms with Crippen LogP contribution in [0.1, 0.15) is 6.92 Å². The Bertz CT molecular complexity index is 271. The van der Waals surface area contributed by atoms with E-state index in [2.05, 4.69) is 10.3 Å². The van der Waals surface area contributed by atoms with E-state index < -0.39 is 4.92 Å². The van der Waals surface area contributed by atoms with Crippen LogP contribution in [0.5, 0.6) is 0 Å². The van der Waals surface area contributed by atoms with Gasteiger partial charge in [0.05, 0.1) is 11.1 Å². The van der Waals surface area contributed by atoms with E-state index >= 15 is 0 Å². The van der Waals surface area contributed by atoms with Crippen LogP contribution in [0.3, 0.4) is 0 Å². The molecule has 72 valence electrons. The third-order valence-electron chi connectivity index (χ3n) is 1.12. The van der Waals surface area contributed by atoms with Crippen LogP contribution in [0.2, 0.25) is 0 Å². The number of nitrogens with zero attached hydrogens (tertiary/aromatic N) is 2. The van der Waals surface area contributed by atoms with Crippen LogP contribution in [0.15, 0.2) is 29.2 Å². The lowest BCUT2D eigenvalue weighted by Crippen LogP contribution is -2.02. The van der Waals surface area contributed by atoms with Gasteiger partial charge in [0.1, 0.15) is 5.17 Å². The molecule has 0 aliphatic heterocycles. The molecule has 0 aliphatic carbocycles. The predicted molar refractivity (Wildman–Crippen MR) is 52.2 cm³/mol. The molecule has 0 saturated heterocycles. The van der Waals surface area contributed by atoms with Gasteiger partial charge in [0.15, 0.2) is 0 Å². The Morgan fingerprint density at radius 2 is 2.31 bits per heavy atom. The number of nitrogens with one attached hydrogen (secondary N) is 1. The minimum absolute atomic E-state index is 0.185. The third kappa shape index (κ3) is 7.02. The van der Waals surface area contributed by atoms with Crippen LogP contribution in [-0.2, 0) is 0 Å². The molecule has 0 aromatic rings. The summed E-state index contributed by atoms with van der Waals surface area (Å²) < 4.78 is 0. The topological polar surface area (TPSA) is 67.5 Å². The second-order valence-electron chi connectivity index (χ2n) is 2.11. The van der Waals surface area contributed by atoms with Gasteiger partial charge in [-0.3, -0.25) is 10.1 Å². The Morgan fingerprint density at radius 3 is 2.77 bits per heavy atom. The molecule has 1 N–H and O–H groups in total. The Hall–Kier alpha value is -1.36. The zero-order valence-electron chi connectivity index (χ0n) is 7.32. The summed E-state index contributed by atoms with van der Waals surface area (Å²) in [6, 6.07) is 0. The summed E-state index contributed by atoms with van der Waals surface area (Å²) in [7, 11) is 1.74. The molecule has 6 heteroatoms. The van der Waals surface area contributed by atoms with Gasteiger partial charge in [0.2, 0.25) is 0 Å². The normalized spacial score (nSPS) is 13.5. The fourth-order valence-electron chi connectivity index (χ4n) is 0.447. The average molecular weight is 204 g/mol. The molecule has 13 heavy (non-hydrogen) atoms. The van der Waals surface area contributed by atoms with Crippen molar-refractivity contribution in [3.8, 4) is 0 Å². The van der Waals surface area contributed by atoms with E-state index in [0.29, 0.717) is 6.20 Å². The molecular weight excluding hydrogens is 194 g/mol. The lowest BCUT2D eigenvalue weighted by Gasteiger charge is -1.95. The van der Waals surface area contributed by atoms with Crippen molar-refractivity contribution in [1.82, 2.24) is 5.32 Å². The van der Waals surface area contributed by atoms with Gasteiger partial charge < -0.3 is 5.32 Å². The fourth-order valence-corrected chi connectivity index (χ4v) is 0.667. The van der Waals surface area contributed by atoms with Gasteiger partial charge in [-0.25, -0.2) is 4.99 Å². The molecule has 0 radical (unpaired) electrons. The number of hydrogen-bond acceptors (Lipinski definition) is 4. The molecule has 0 saturated carbocycles. The molecule has 0 aromatic carbocycles. The first-order valence-electron chi connectivity index (χ1n) is 3.45. The Morgan fingerprint density at radius 1 is 1.69 bits per heavy atom. The highest BCUT2D eigenvalue weighted by atomic mass is 35.5. The van der Waals surface area contributed by atoms with E-state index in [1.165, 1.54) is 0 Å². The van der Waals surface area contributed by atoms with E-state index in [1.54, 1.807) is 20.0 Å². The summed E-state index contributed by atoms with van der Waals surface area (Å²) >= 11 is 5.60. The first kappa shape index (κ1) is 11.6. The SMILES string of the molecule is CN/C(C)=C/C(Cl)=N\C=C\[N+](=O)[O-]. The van der Waals surface area contributed by atoms with Crippen molar-refractivity contribution in [3.63, 3.8) is 0 Å². The zero-order valence-corrected chi connectivity index (χ0v) is 8.08. The van der Waals surface area contributed by atoms with Crippen molar-refractivity contribution >= 4 is 16.8 Å². The molecule has 0 unspecified atom stereocenters. The van der Waals surface area contributed by atoms with Gasteiger partial charge >= 0.3 is 0 Å². The summed E-state index contributed by atoms with van der Waals surface area (Å²) in [6.07, 6.45) is 3.30. The highest BCUT2D eigenvalue weighted by molar-refractivity contribution is 6.68. The van der Waals surface area contributed by atoms with Crippen molar-refractivity contribution in [1.29, 1.82) is 0 Å². The number of halogens is 1. The van der Waals surface area contributed by atoms with Crippen molar-refractivity contribution < 1.29 is 4.92 Å². The number of allylic oxidation sites excluding steroid dienone is 2. The lowest BCUT2D eigenvalue weighted by atomic mass is 10.4. The number of aliphatic imine (C=N–C) groups is 1. The molecule has 0 rings (SSSR count). The molecular formula is C7H10ClN3O2. The van der Waals surface area contributed by atoms with Crippen LogP contribution in [0, 0.1) is 10.1 Å². The fraction of sp³-hybridized carbons (Fsp3) is 0.286. The van der Waals surface area contributed by atoms with E-state index in [4.69, 9.17) is 11.6 Å². The maximum atomic E-state index is 9.84. The minimum Gasteiger partial charge on any atom is -0.392 e. The van der Waals surface area contributed by atoms with Crippen molar-refractivity contribution in [2.24, 2.45) is 4.99 Å². The number of hydrogen-bond donors (Lipinski definition) is 1. The molecule has 0 aliphatic rings. The van der Waals surface area contributed by atoms with Gasteiger partial charge in [0.25, 0.3) is 6.20 Å². The van der Waals surface area contributed by atoms with Gasteiger partial charge in [0, 0.05) is 12.7 Å². The molecule has 0 bridgehead atoms. The molecule has 0 atom stereocenters. The second-order valence-corrected chi connectivity index (χ2v) is 2.50. The largest absolute Gasteiger partial charge is 0.392 e. The molecule has 0 fully saturated rings. The summed E-state index contributed by atoms with van der Waals surface area (Å²) in [5.74, 6) is 0. The first-order chi connectivity index (χ1) is 6.06. The highest BCUT2D eigenvalue weighted by Crippen LogP contribution is 1.94. The third-order valence-corrected chi connectivity index (χ3v) is 1.32. The quantitative estimate of drug-likeness (QED) is 0.428. The smallest absolute Gasteiger partial charge is 0.252 e. The van der Waals surface area contributed by atoms with E-state index in [0.717, 1.165) is 11.9 Å². The molecule has 0 aromatic heterocycles. The second kappa shape index (κ2) is 6.19. The van der Waals surface area contributed by atoms with Crippen LogP contribution in [0.4, 0.5) is 0 Å². The minimum atomic E-state index is -0.609. The maximum Gasteiger partial charge on any atom is 0.252 e. The summed E-state index contributed by atoms with van der Waals surface area (Å²) in [6.45, 7) is 1.80. The zero-order chi connectivity index (χ0) is 10.3. The Labute approximate surface area is 81.0 Å². The molecule has 0 amide bonds. The summed E-state index contributed by atoms with van der Waals surface area (Å²) in [5, 5.41) is 12.9. The molecule has 0 spiro atoms. The Kier molecular flexibility index (Phi) is 5.54. The van der Waals surface area contributed by atoms with E-state index in [1.807, 2.05) is 0 Å². The van der Waals surface area contributed by atoms with E-state index in [9.17, 15) is 10.1 Å². The standard InChI is InChI=1S/C7H10ClN3O2/c1-6(9-2)5-7(8)10-3-4-11(12)13/h3-5,9H,1-2H3/b4-3+,6-5+,10-7+. The van der Waals surface area contributed by atoms with Crippen LogP contribution in [-0.4, -0.2) is 17.1 Å². The van der Waals surface area contributed by atoms with Crippen LogP contribution < -0.4 is 5.32 Å². The van der Waals surface area contributed by atoms with Gasteiger partial charge in [-0.15, -0.1) is 0 Å². The monoisotopic (exact) mass is 203 g/mol. The number of nitro groups is 1. The lowest BCUT2D eigenvalue weighted by molar-refractivity contribution is -0.402. The van der Waals surface area contributed by atoms with Crippen molar-refractivity contribution in [2.45, 2.75) is 6.92 Å². The van der Waals surface area contributed by atoms with Crippen LogP contribution >= 0.6 is 11.6 Å². The van der Waals surface area contributed by atoms with Gasteiger partial charge in [-0.1, -0.05) is 11.6 Å². The number of rotatable bonds is 4. The molecule has 0 heterocycles. The van der Waals surface area contributed by atoms with Crippen LogP contribution in [0.25, 0.3) is 0 Å². The summed E-state index contributed by atoms with van der Waals surface area (Å²) in [5.41, 5.74) is 0.822. The van der Waals surface area contributed by atoms with Gasteiger partial charge in [-0.05, 0) is 13.0 Å². The highest BCUT2D eigenvalue weighted by Gasteiger charge is 1.88. The first-order valence-corrected chi connectivity index (χ1v) is 3.83. The van der Waals surface area contributed by atoms with Gasteiger partial charge in [-0.2, -0.15) is 0 Å². The summed E-state index contributed by atoms with van der Waals surface area (Å²) in [4.78, 5) is 12.8. The predicted octanol–water partition coefficient (Wildman–Crippen LogP) is 1.49. The maximum absolute atomic E-state index is 9.84. The molecule has 5 nitrogen and oxygen atoms in total. The Balaban J connectivity index is 4.26. The average Bonchev–Trinajstić information content (AvgIpc) is 2.03.